The fraction of sp³-hybridized carbons (Fsp3) is 0. The molecule has 0 fully saturated rings. The van der Waals surface area contributed by atoms with E-state index in [1.165, 1.54) is 0 Å². The SMILES string of the molecule is O.O.O.O.O.O.O.O.O.O.O.O.O.O.O.O.O.O.O.O.O.O.O.O.O.O.O.O.O.O.O.O.O.O.O.O.O.O.O.O.O.O.O.O.O.O.O.O.O.O.O.O.O.[GeH2].[GeH2].[GeH2].[GeH2].[GeH3].[GeH3].[GeH3].[GeH3].[GeH3].[GeH3].[GeH3].[GeH3].[GeH3].[Ge].[Ge].[Ge].[Ge].[Ge].[Ge].[Ge].[Ge].[Ge].[Ge].[Ge].[Ge].[Ge].[Ge].[Ge].[Ge].[Ge].[Ge].[OH-].[OH-].[OH-].[OH-].[OH-].[OH-]. The summed E-state index contributed by atoms with van der Waals surface area (Å²) >= 11 is 0. The minimum atomic E-state index is 0. The van der Waals surface area contributed by atoms with E-state index >= 15 is 0 Å². The summed E-state index contributed by atoms with van der Waals surface area (Å²) in [5, 5.41) is 0. The predicted molar refractivity (Wildman–Crippen MR) is 430 cm³/mol. The van der Waals surface area contributed by atoms with Crippen molar-refractivity contribution in [2.24, 2.45) is 0 Å². The molecule has 90 heavy (non-hydrogen) atoms. The van der Waals surface area contributed by atoms with Gasteiger partial charge in [0.25, 0.3) is 0 Å². The quantitative estimate of drug-likeness (QED) is 0.212. The van der Waals surface area contributed by atoms with Crippen molar-refractivity contribution in [1.82, 2.24) is 0 Å². The Hall–Kier alpha value is 14.5. The predicted octanol–water partition coefficient (Wildman–Crippen LogP) is -65.9. The zero-order chi connectivity index (χ0) is 0. The van der Waals surface area contributed by atoms with E-state index in [1.807, 2.05) is 0 Å². The molecule has 0 saturated heterocycles. The Kier molecular flexibility index (Phi) is 308000. The molecule has 0 bridgehead atoms. The van der Waals surface area contributed by atoms with Crippen molar-refractivity contribution in [3.63, 3.8) is 0 Å². The van der Waals surface area contributed by atoms with E-state index in [-0.39, 0.29) is 869 Å². The summed E-state index contributed by atoms with van der Waals surface area (Å²) in [6, 6.07) is 0. The molecule has 0 aromatic rings. The smallest absolute Gasteiger partial charge is 0 e. The van der Waals surface area contributed by atoms with Gasteiger partial charge in [0.15, 0.2) is 0 Å². The maximum Gasteiger partial charge on any atom is 0 e. The van der Waals surface area contributed by atoms with Crippen LogP contribution >= 0.6 is 0 Å². The van der Waals surface area contributed by atoms with Gasteiger partial charge in [-0.15, -0.1) is 0 Å². The summed E-state index contributed by atoms with van der Waals surface area (Å²) in [4.78, 5) is 0. The van der Waals surface area contributed by atoms with Crippen LogP contribution in [0, 0.1) is 0 Å². The first-order chi connectivity index (χ1) is 0. The van der Waals surface area contributed by atoms with Gasteiger partial charge in [0.1, 0.15) is 0 Å². The summed E-state index contributed by atoms with van der Waals surface area (Å²) in [5.74, 6) is 0. The summed E-state index contributed by atoms with van der Waals surface area (Å²) in [7, 11) is 0. The fourth-order valence-electron chi connectivity index (χ4n) is 0. The fourth-order valence-corrected chi connectivity index (χ4v) is 0. The summed E-state index contributed by atoms with van der Waals surface area (Å²) < 4.78 is 0. The maximum atomic E-state index is 0. The van der Waals surface area contributed by atoms with E-state index in [1.54, 1.807) is 0 Å². The van der Waals surface area contributed by atoms with Gasteiger partial charge in [-0.3, -0.25) is 0 Å². The van der Waals surface area contributed by atoms with Crippen LogP contribution < -0.4 is 0 Å². The Morgan fingerprint density at radius 2 is 0.0556 bits per heavy atom. The van der Waals surface area contributed by atoms with Crippen LogP contribution in [-0.2, 0) is 0 Å². The molecule has 0 saturated carbocycles. The first kappa shape index (κ1) is 5340. The molecule has 0 aromatic heterocycles. The second-order valence-electron chi connectivity index (χ2n) is 0. The minimum absolute atomic E-state index is 0. The maximum absolute atomic E-state index is 0. The van der Waals surface area contributed by atoms with Gasteiger partial charge in [0.05, 0.1) is 0 Å². The van der Waals surface area contributed by atoms with Gasteiger partial charge < -0.3 is 323 Å². The van der Waals surface area contributed by atoms with Crippen molar-refractivity contribution >= 4 is 546 Å². The average Bonchev–Trinajstić information content (AvgIpc) is 0. The van der Waals surface area contributed by atoms with Crippen LogP contribution in [0.5, 0.6) is 0 Å². The zero-order valence-electron chi connectivity index (χ0n) is 50.0. The molecule has 0 amide bonds. The molecule has 112 N–H and O–H groups in total. The van der Waals surface area contributed by atoms with Crippen LogP contribution in [0.25, 0.3) is 0 Å². The van der Waals surface area contributed by atoms with Crippen molar-refractivity contribution in [2.45, 2.75) is 0 Å². The van der Waals surface area contributed by atoms with Crippen molar-refractivity contribution in [3.05, 3.63) is 0 Å². The van der Waals surface area contributed by atoms with Crippen molar-refractivity contribution in [2.75, 3.05) is 0 Å². The van der Waals surface area contributed by atoms with Gasteiger partial charge in [-0.1, -0.05) is 0 Å². The molecule has 0 atom stereocenters. The van der Waals surface area contributed by atoms with Gasteiger partial charge in [0.2, 0.25) is 0 Å². The van der Waals surface area contributed by atoms with Crippen LogP contribution in [0.15, 0.2) is 0 Å². The van der Waals surface area contributed by atoms with Crippen molar-refractivity contribution in [1.29, 1.82) is 0 Å². The Bertz CT molecular complexity index is 83.6. The average molecular weight is 3340 g/mol. The van der Waals surface area contributed by atoms with E-state index < -0.39 is 0 Å². The van der Waals surface area contributed by atoms with E-state index in [2.05, 4.69) is 0 Å². The number of hydrogen-bond donors (Lipinski definition) is 0. The van der Waals surface area contributed by atoms with Crippen LogP contribution in [0.2, 0.25) is 0 Å². The monoisotopic (exact) mass is 3380 g/mol. The molecule has 0 rings (SSSR count). The molecular formula is H147Ge31O59-6. The molecule has 0 heterocycles. The molecule has 0 aliphatic carbocycles. The number of hydrogen-bond acceptors (Lipinski definition) is 6. The Morgan fingerprint density at radius 3 is 0.0556 bits per heavy atom. The molecule has 59 nitrogen and oxygen atoms in total. The van der Waals surface area contributed by atoms with Gasteiger partial charge in [0, 0.05) is 317 Å². The Morgan fingerprint density at radius 1 is 0.0556 bits per heavy atom. The topological polar surface area (TPSA) is 1850 Å². The summed E-state index contributed by atoms with van der Waals surface area (Å²) in [6.07, 6.45) is 0. The molecule has 0 aromatic carbocycles. The summed E-state index contributed by atoms with van der Waals surface area (Å²) in [5.41, 5.74) is 0. The van der Waals surface area contributed by atoms with Crippen LogP contribution in [0.4, 0.5) is 0 Å². The third-order valence-electron chi connectivity index (χ3n) is 0. The zero-order valence-corrected chi connectivity index (χ0v) is 137. The van der Waals surface area contributed by atoms with E-state index in [4.69, 9.17) is 0 Å². The Balaban J connectivity index is 0. The van der Waals surface area contributed by atoms with Crippen LogP contribution in [0.1, 0.15) is 0 Å². The molecule has 0 aliphatic heterocycles. The van der Waals surface area contributed by atoms with Crippen LogP contribution in [0.3, 0.4) is 0 Å². The van der Waals surface area contributed by atoms with Crippen LogP contribution in [-0.4, -0.2) is 869 Å². The van der Waals surface area contributed by atoms with Crippen molar-refractivity contribution < 1.29 is 323 Å². The third kappa shape index (κ3) is 5040. The number of rotatable bonds is 0. The molecule has 0 unspecified atom stereocenters. The molecular weight excluding hydrogens is 3190 g/mol. The molecule has 89 radical (unpaired) electrons. The van der Waals surface area contributed by atoms with Gasteiger partial charge in [-0.25, -0.2) is 0 Å². The third-order valence-corrected chi connectivity index (χ3v) is 0. The molecule has 90 heteroatoms. The largest absolute Gasteiger partial charge is 0.870 e. The summed E-state index contributed by atoms with van der Waals surface area (Å²) in [6.45, 7) is 0. The first-order valence-corrected chi connectivity index (χ1v) is 0. The normalized spacial score (nSPS) is 0. The first-order valence-electron chi connectivity index (χ1n) is 0. The van der Waals surface area contributed by atoms with Crippen molar-refractivity contribution in [3.8, 4) is 0 Å². The second-order valence-corrected chi connectivity index (χ2v) is 0. The van der Waals surface area contributed by atoms with E-state index in [0.717, 1.165) is 0 Å². The van der Waals surface area contributed by atoms with E-state index in [0.29, 0.717) is 0 Å². The van der Waals surface area contributed by atoms with Gasteiger partial charge in [-0.2, -0.15) is 0 Å². The molecule has 631 valence electrons. The minimum Gasteiger partial charge on any atom is -0.870 e. The van der Waals surface area contributed by atoms with Gasteiger partial charge >= 0.3 is 229 Å². The Labute approximate surface area is 855 Å². The molecule has 0 spiro atoms. The second kappa shape index (κ2) is 5190. The molecule has 0 aliphatic rings. The van der Waals surface area contributed by atoms with E-state index in [9.17, 15) is 0 Å². The van der Waals surface area contributed by atoms with Gasteiger partial charge in [-0.05, 0) is 0 Å². The standard InChI is InChI=1S/9GeH3.4GeH2.18Ge.59H2O/h9*1H3;4*1H2;;;;;;;;;;;;;;;;;;;59*1H2/p-6.